The van der Waals surface area contributed by atoms with Crippen LogP contribution in [0.3, 0.4) is 0 Å². The van der Waals surface area contributed by atoms with Gasteiger partial charge in [0.05, 0.1) is 12.8 Å². The molecule has 30 heavy (non-hydrogen) atoms. The van der Waals surface area contributed by atoms with Gasteiger partial charge in [-0.3, -0.25) is 19.3 Å². The minimum atomic E-state index is -0.310. The van der Waals surface area contributed by atoms with Gasteiger partial charge in [-0.25, -0.2) is 0 Å². The molecule has 0 spiro atoms. The van der Waals surface area contributed by atoms with E-state index >= 15 is 0 Å². The lowest BCUT2D eigenvalue weighted by Gasteiger charge is -2.27. The van der Waals surface area contributed by atoms with Gasteiger partial charge in [-0.2, -0.15) is 0 Å². The number of para-hydroxylation sites is 2. The Kier molecular flexibility index (Phi) is 5.23. The normalized spacial score (nSPS) is 12.9. The third-order valence-corrected chi connectivity index (χ3v) is 5.45. The lowest BCUT2D eigenvalue weighted by atomic mass is 9.94. The summed E-state index contributed by atoms with van der Waals surface area (Å²) in [6.07, 6.45) is 0.589. The van der Waals surface area contributed by atoms with Crippen LogP contribution in [0.5, 0.6) is 5.75 Å². The predicted molar refractivity (Wildman–Crippen MR) is 115 cm³/mol. The molecule has 0 atom stereocenters. The summed E-state index contributed by atoms with van der Waals surface area (Å²) in [6.45, 7) is 0.188. The van der Waals surface area contributed by atoms with E-state index in [1.165, 1.54) is 9.80 Å². The van der Waals surface area contributed by atoms with Gasteiger partial charge in [0.25, 0.3) is 11.8 Å². The molecule has 0 saturated heterocycles. The molecular weight excluding hydrogens is 380 g/mol. The van der Waals surface area contributed by atoms with Crippen molar-refractivity contribution in [2.75, 3.05) is 25.6 Å². The van der Waals surface area contributed by atoms with Crippen molar-refractivity contribution >= 4 is 34.2 Å². The van der Waals surface area contributed by atoms with Crippen LogP contribution < -0.4 is 9.64 Å². The smallest absolute Gasteiger partial charge is 0.261 e. The summed E-state index contributed by atoms with van der Waals surface area (Å²) in [5, 5.41) is 1.58. The highest BCUT2D eigenvalue weighted by Gasteiger charge is 2.32. The summed E-state index contributed by atoms with van der Waals surface area (Å²) in [4.78, 5) is 41.3. The summed E-state index contributed by atoms with van der Waals surface area (Å²) >= 11 is 0. The van der Waals surface area contributed by atoms with E-state index in [-0.39, 0.29) is 30.7 Å². The Labute approximate surface area is 174 Å². The molecule has 1 heterocycles. The van der Waals surface area contributed by atoms with Gasteiger partial charge < -0.3 is 9.64 Å². The van der Waals surface area contributed by atoms with Gasteiger partial charge in [0.1, 0.15) is 5.75 Å². The van der Waals surface area contributed by atoms with Gasteiger partial charge in [-0.1, -0.05) is 36.4 Å². The average Bonchev–Trinajstić information content (AvgIpc) is 2.78. The first kappa shape index (κ1) is 19.6. The second-order valence-corrected chi connectivity index (χ2v) is 7.20. The second kappa shape index (κ2) is 7.99. The number of amides is 3. The molecule has 1 aliphatic rings. The molecule has 0 saturated carbocycles. The quantitative estimate of drug-likeness (QED) is 0.587. The van der Waals surface area contributed by atoms with Crippen LogP contribution >= 0.6 is 0 Å². The molecule has 0 N–H and O–H groups in total. The van der Waals surface area contributed by atoms with Crippen molar-refractivity contribution in [3.8, 4) is 5.75 Å². The summed E-state index contributed by atoms with van der Waals surface area (Å²) in [6, 6.07) is 18.2. The molecule has 0 aliphatic carbocycles. The largest absolute Gasteiger partial charge is 0.495 e. The Morgan fingerprint density at radius 2 is 1.57 bits per heavy atom. The Balaban J connectivity index is 1.46. The summed E-state index contributed by atoms with van der Waals surface area (Å²) in [5.41, 5.74) is 1.73. The van der Waals surface area contributed by atoms with Crippen LogP contribution in [0.25, 0.3) is 10.8 Å². The maximum atomic E-state index is 12.9. The van der Waals surface area contributed by atoms with Crippen molar-refractivity contribution in [3.05, 3.63) is 71.8 Å². The van der Waals surface area contributed by atoms with Crippen molar-refractivity contribution in [3.63, 3.8) is 0 Å². The molecule has 0 bridgehead atoms. The van der Waals surface area contributed by atoms with Gasteiger partial charge >= 0.3 is 0 Å². The molecule has 6 heteroatoms. The van der Waals surface area contributed by atoms with Crippen LogP contribution in [-0.4, -0.2) is 43.3 Å². The number of carbonyl (C=O) groups excluding carboxylic acids is 3. The summed E-state index contributed by atoms with van der Waals surface area (Å²) in [5.74, 6) is -0.122. The first-order chi connectivity index (χ1) is 14.5. The fourth-order valence-electron chi connectivity index (χ4n) is 3.88. The molecule has 6 nitrogen and oxygen atoms in total. The summed E-state index contributed by atoms with van der Waals surface area (Å²) < 4.78 is 5.31. The monoisotopic (exact) mass is 402 g/mol. The number of imide groups is 1. The minimum absolute atomic E-state index is 0.112. The fourth-order valence-corrected chi connectivity index (χ4v) is 3.88. The van der Waals surface area contributed by atoms with E-state index in [2.05, 4.69) is 0 Å². The highest BCUT2D eigenvalue weighted by Crippen LogP contribution is 2.30. The zero-order chi connectivity index (χ0) is 21.3. The van der Waals surface area contributed by atoms with E-state index in [0.29, 0.717) is 34.4 Å². The highest BCUT2D eigenvalue weighted by molar-refractivity contribution is 6.25. The number of hydrogen-bond acceptors (Lipinski definition) is 4. The average molecular weight is 402 g/mol. The maximum Gasteiger partial charge on any atom is 0.261 e. The third-order valence-electron chi connectivity index (χ3n) is 5.45. The third kappa shape index (κ3) is 3.30. The van der Waals surface area contributed by atoms with Crippen LogP contribution in [-0.2, 0) is 4.79 Å². The molecule has 3 amide bonds. The number of rotatable bonds is 6. The number of ether oxygens (including phenoxy) is 1. The molecule has 4 rings (SSSR count). The summed E-state index contributed by atoms with van der Waals surface area (Å²) in [7, 11) is 3.25. The molecular formula is C24H22N2O4. The molecule has 0 unspecified atom stereocenters. The number of carbonyl (C=O) groups is 3. The molecule has 1 aliphatic heterocycles. The van der Waals surface area contributed by atoms with Gasteiger partial charge in [0.15, 0.2) is 0 Å². The highest BCUT2D eigenvalue weighted by atomic mass is 16.5. The van der Waals surface area contributed by atoms with Crippen molar-refractivity contribution in [1.82, 2.24) is 4.90 Å². The van der Waals surface area contributed by atoms with E-state index in [0.717, 1.165) is 5.39 Å². The lowest BCUT2D eigenvalue weighted by Crippen LogP contribution is -2.41. The van der Waals surface area contributed by atoms with E-state index in [9.17, 15) is 14.4 Å². The van der Waals surface area contributed by atoms with Crippen LogP contribution in [0.2, 0.25) is 0 Å². The van der Waals surface area contributed by atoms with Crippen molar-refractivity contribution in [2.24, 2.45) is 0 Å². The van der Waals surface area contributed by atoms with Gasteiger partial charge in [0, 0.05) is 36.5 Å². The Morgan fingerprint density at radius 3 is 2.20 bits per heavy atom. The molecule has 3 aromatic carbocycles. The Morgan fingerprint density at radius 1 is 0.933 bits per heavy atom. The van der Waals surface area contributed by atoms with Crippen LogP contribution in [0.1, 0.15) is 33.6 Å². The molecule has 3 aromatic rings. The topological polar surface area (TPSA) is 66.9 Å². The number of anilines is 1. The van der Waals surface area contributed by atoms with E-state index in [1.54, 1.807) is 32.4 Å². The van der Waals surface area contributed by atoms with Gasteiger partial charge in [0.2, 0.25) is 5.91 Å². The molecule has 0 radical (unpaired) electrons. The molecule has 0 aromatic heterocycles. The van der Waals surface area contributed by atoms with E-state index in [1.807, 2.05) is 42.5 Å². The molecule has 0 fully saturated rings. The zero-order valence-electron chi connectivity index (χ0n) is 16.9. The van der Waals surface area contributed by atoms with Crippen molar-refractivity contribution in [2.45, 2.75) is 12.8 Å². The number of hydrogen-bond donors (Lipinski definition) is 0. The zero-order valence-corrected chi connectivity index (χ0v) is 16.9. The molecule has 152 valence electrons. The predicted octanol–water partition coefficient (Wildman–Crippen LogP) is 3.89. The number of methoxy groups -OCH3 is 1. The van der Waals surface area contributed by atoms with E-state index in [4.69, 9.17) is 4.74 Å². The first-order valence-corrected chi connectivity index (χ1v) is 9.80. The fraction of sp³-hybridized carbons (Fsp3) is 0.208. The van der Waals surface area contributed by atoms with Gasteiger partial charge in [-0.05, 0) is 36.1 Å². The Hall–Kier alpha value is -3.67. The van der Waals surface area contributed by atoms with E-state index < -0.39 is 0 Å². The lowest BCUT2D eigenvalue weighted by molar-refractivity contribution is -0.118. The van der Waals surface area contributed by atoms with Gasteiger partial charge in [-0.15, -0.1) is 0 Å². The number of benzene rings is 3. The SMILES string of the molecule is COc1ccccc1N(C)C(=O)CCCN1C(=O)c2cccc3cccc(c23)C1=O. The van der Waals surface area contributed by atoms with Crippen molar-refractivity contribution in [1.29, 1.82) is 0 Å². The standard InChI is InChI=1S/C24H22N2O4/c1-25(19-12-3-4-13-20(19)30-2)21(27)14-7-15-26-23(28)17-10-5-8-16-9-6-11-18(22(16)17)24(26)29/h3-6,8-13H,7,14-15H2,1-2H3. The number of nitrogens with zero attached hydrogens (tertiary/aromatic N) is 2. The first-order valence-electron chi connectivity index (χ1n) is 9.80. The van der Waals surface area contributed by atoms with Crippen LogP contribution in [0.4, 0.5) is 5.69 Å². The van der Waals surface area contributed by atoms with Crippen molar-refractivity contribution < 1.29 is 19.1 Å². The maximum absolute atomic E-state index is 12.9. The Bertz CT molecular complexity index is 1100. The van der Waals surface area contributed by atoms with Crippen LogP contribution in [0.15, 0.2) is 60.7 Å². The minimum Gasteiger partial charge on any atom is -0.495 e. The second-order valence-electron chi connectivity index (χ2n) is 7.20. The van der Waals surface area contributed by atoms with Crippen LogP contribution in [0, 0.1) is 0 Å².